The van der Waals surface area contributed by atoms with Crippen molar-refractivity contribution in [1.82, 2.24) is 25.4 Å². The standard InChI is InChI=1S/C16H20N6O2.HI/c1-17-16(19-9-15-21-20-14-3-2-6-22(14)15)18-8-11-4-5-12-13(7-11)24-10-23-12;/h4-5,7H,2-3,6,8-10H2,1H3,(H2,17,18,19);1H. The van der Waals surface area contributed by atoms with Crippen LogP contribution in [0.4, 0.5) is 0 Å². The van der Waals surface area contributed by atoms with Crippen molar-refractivity contribution < 1.29 is 9.47 Å². The number of benzene rings is 1. The van der Waals surface area contributed by atoms with Crippen LogP contribution in [0, 0.1) is 0 Å². The minimum atomic E-state index is 0. The van der Waals surface area contributed by atoms with E-state index in [0.717, 1.165) is 54.1 Å². The Morgan fingerprint density at radius 1 is 1.20 bits per heavy atom. The summed E-state index contributed by atoms with van der Waals surface area (Å²) in [5, 5.41) is 15.0. The number of ether oxygens (including phenoxy) is 2. The van der Waals surface area contributed by atoms with Crippen LogP contribution in [0.5, 0.6) is 11.5 Å². The monoisotopic (exact) mass is 456 g/mol. The van der Waals surface area contributed by atoms with Crippen LogP contribution in [0.2, 0.25) is 0 Å². The second kappa shape index (κ2) is 7.89. The van der Waals surface area contributed by atoms with Gasteiger partial charge in [0.1, 0.15) is 5.82 Å². The summed E-state index contributed by atoms with van der Waals surface area (Å²) in [5.41, 5.74) is 1.10. The van der Waals surface area contributed by atoms with Gasteiger partial charge in [0, 0.05) is 26.6 Å². The molecule has 8 nitrogen and oxygen atoms in total. The molecule has 1 aromatic carbocycles. The van der Waals surface area contributed by atoms with E-state index in [1.54, 1.807) is 7.05 Å². The molecular weight excluding hydrogens is 435 g/mol. The summed E-state index contributed by atoms with van der Waals surface area (Å²) in [6.07, 6.45) is 2.17. The number of nitrogens with zero attached hydrogens (tertiary/aromatic N) is 4. The smallest absolute Gasteiger partial charge is 0.231 e. The molecule has 0 saturated carbocycles. The minimum Gasteiger partial charge on any atom is -0.454 e. The van der Waals surface area contributed by atoms with E-state index in [1.165, 1.54) is 0 Å². The lowest BCUT2D eigenvalue weighted by Crippen LogP contribution is -2.37. The summed E-state index contributed by atoms with van der Waals surface area (Å²) >= 11 is 0. The molecule has 9 heteroatoms. The van der Waals surface area contributed by atoms with Crippen molar-refractivity contribution >= 4 is 29.9 Å². The van der Waals surface area contributed by atoms with Crippen molar-refractivity contribution in [2.24, 2.45) is 4.99 Å². The molecule has 2 aliphatic rings. The summed E-state index contributed by atoms with van der Waals surface area (Å²) < 4.78 is 12.9. The fourth-order valence-electron chi connectivity index (χ4n) is 2.96. The van der Waals surface area contributed by atoms with E-state index in [-0.39, 0.29) is 30.8 Å². The van der Waals surface area contributed by atoms with Gasteiger partial charge in [-0.2, -0.15) is 0 Å². The molecule has 0 bridgehead atoms. The largest absolute Gasteiger partial charge is 0.454 e. The fraction of sp³-hybridized carbons (Fsp3) is 0.438. The number of aliphatic imine (C=N–C) groups is 1. The fourth-order valence-corrected chi connectivity index (χ4v) is 2.96. The Bertz CT molecular complexity index is 776. The van der Waals surface area contributed by atoms with Crippen molar-refractivity contribution in [2.45, 2.75) is 32.5 Å². The quantitative estimate of drug-likeness (QED) is 0.412. The molecule has 0 radical (unpaired) electrons. The topological polar surface area (TPSA) is 85.6 Å². The first-order valence-electron chi connectivity index (χ1n) is 8.07. The Morgan fingerprint density at radius 2 is 2.04 bits per heavy atom. The number of hydrogen-bond donors (Lipinski definition) is 2. The van der Waals surface area contributed by atoms with Crippen LogP contribution in [-0.2, 0) is 26.1 Å². The first-order chi connectivity index (χ1) is 11.8. The van der Waals surface area contributed by atoms with E-state index in [1.807, 2.05) is 18.2 Å². The SMILES string of the molecule is CN=C(NCc1ccc2c(c1)OCO2)NCc1nnc2n1CCC2.I. The minimum absolute atomic E-state index is 0. The molecule has 0 amide bonds. The number of rotatable bonds is 4. The molecule has 3 heterocycles. The van der Waals surface area contributed by atoms with Crippen molar-refractivity contribution in [3.63, 3.8) is 0 Å². The molecule has 0 aliphatic carbocycles. The van der Waals surface area contributed by atoms with Gasteiger partial charge >= 0.3 is 0 Å². The van der Waals surface area contributed by atoms with E-state index in [0.29, 0.717) is 13.1 Å². The Hall–Kier alpha value is -2.04. The maximum atomic E-state index is 5.40. The van der Waals surface area contributed by atoms with Gasteiger partial charge in [-0.3, -0.25) is 4.99 Å². The maximum Gasteiger partial charge on any atom is 0.231 e. The van der Waals surface area contributed by atoms with Crippen molar-refractivity contribution in [3.8, 4) is 11.5 Å². The maximum absolute atomic E-state index is 5.40. The van der Waals surface area contributed by atoms with Crippen molar-refractivity contribution in [2.75, 3.05) is 13.8 Å². The van der Waals surface area contributed by atoms with Crippen LogP contribution in [0.1, 0.15) is 23.6 Å². The van der Waals surface area contributed by atoms with Gasteiger partial charge in [0.25, 0.3) is 0 Å². The lowest BCUT2D eigenvalue weighted by Gasteiger charge is -2.12. The molecule has 2 aromatic rings. The Kier molecular flexibility index (Phi) is 5.61. The summed E-state index contributed by atoms with van der Waals surface area (Å²) in [5.74, 6) is 4.34. The number of aryl methyl sites for hydroxylation is 1. The van der Waals surface area contributed by atoms with E-state index in [2.05, 4.69) is 30.4 Å². The highest BCUT2D eigenvalue weighted by Crippen LogP contribution is 2.32. The van der Waals surface area contributed by atoms with Crippen LogP contribution >= 0.6 is 24.0 Å². The molecule has 1 aromatic heterocycles. The number of aromatic nitrogens is 3. The van der Waals surface area contributed by atoms with Crippen LogP contribution in [0.25, 0.3) is 0 Å². The summed E-state index contributed by atoms with van der Waals surface area (Å²) in [4.78, 5) is 4.25. The zero-order chi connectivity index (χ0) is 16.4. The number of halogens is 1. The van der Waals surface area contributed by atoms with Crippen LogP contribution in [0.3, 0.4) is 0 Å². The summed E-state index contributed by atoms with van der Waals surface area (Å²) in [6, 6.07) is 5.92. The van der Waals surface area contributed by atoms with E-state index in [9.17, 15) is 0 Å². The van der Waals surface area contributed by atoms with Gasteiger partial charge in [0.2, 0.25) is 6.79 Å². The number of nitrogens with one attached hydrogen (secondary N) is 2. The molecule has 25 heavy (non-hydrogen) atoms. The van der Waals surface area contributed by atoms with Crippen molar-refractivity contribution in [3.05, 3.63) is 35.4 Å². The molecule has 0 saturated heterocycles. The predicted octanol–water partition coefficient (Wildman–Crippen LogP) is 1.44. The Morgan fingerprint density at radius 3 is 2.92 bits per heavy atom. The van der Waals surface area contributed by atoms with E-state index >= 15 is 0 Å². The van der Waals surface area contributed by atoms with Gasteiger partial charge in [0.15, 0.2) is 23.3 Å². The normalized spacial score (nSPS) is 14.8. The average Bonchev–Trinajstić information content (AvgIpc) is 3.32. The van der Waals surface area contributed by atoms with Crippen LogP contribution in [0.15, 0.2) is 23.2 Å². The van der Waals surface area contributed by atoms with E-state index < -0.39 is 0 Å². The number of hydrogen-bond acceptors (Lipinski definition) is 5. The molecule has 0 fully saturated rings. The molecule has 0 spiro atoms. The van der Waals surface area contributed by atoms with Crippen LogP contribution in [-0.4, -0.2) is 34.6 Å². The molecule has 2 N–H and O–H groups in total. The first-order valence-corrected chi connectivity index (χ1v) is 8.07. The highest BCUT2D eigenvalue weighted by Gasteiger charge is 2.17. The zero-order valence-corrected chi connectivity index (χ0v) is 16.3. The third-order valence-electron chi connectivity index (χ3n) is 4.22. The van der Waals surface area contributed by atoms with Crippen molar-refractivity contribution in [1.29, 1.82) is 0 Å². The van der Waals surface area contributed by atoms with Gasteiger partial charge < -0.3 is 24.7 Å². The first kappa shape index (κ1) is 17.8. The van der Waals surface area contributed by atoms with Gasteiger partial charge in [-0.15, -0.1) is 34.2 Å². The van der Waals surface area contributed by atoms with Gasteiger partial charge in [0.05, 0.1) is 6.54 Å². The van der Waals surface area contributed by atoms with Crippen LogP contribution < -0.4 is 20.1 Å². The third kappa shape index (κ3) is 3.80. The summed E-state index contributed by atoms with van der Waals surface area (Å²) in [7, 11) is 1.75. The average molecular weight is 456 g/mol. The molecule has 0 atom stereocenters. The van der Waals surface area contributed by atoms with Gasteiger partial charge in [-0.25, -0.2) is 0 Å². The third-order valence-corrected chi connectivity index (χ3v) is 4.22. The lowest BCUT2D eigenvalue weighted by molar-refractivity contribution is 0.174. The zero-order valence-electron chi connectivity index (χ0n) is 14.0. The number of fused-ring (bicyclic) bond motifs is 2. The molecule has 4 rings (SSSR count). The van der Waals surface area contributed by atoms with Gasteiger partial charge in [-0.1, -0.05) is 6.07 Å². The van der Waals surface area contributed by atoms with E-state index in [4.69, 9.17) is 9.47 Å². The molecule has 134 valence electrons. The summed E-state index contributed by atoms with van der Waals surface area (Å²) in [6.45, 7) is 2.54. The lowest BCUT2D eigenvalue weighted by atomic mass is 10.2. The Balaban J connectivity index is 0.00000182. The molecular formula is C16H21IN6O2. The Labute approximate surface area is 163 Å². The predicted molar refractivity (Wildman–Crippen MR) is 103 cm³/mol. The highest BCUT2D eigenvalue weighted by molar-refractivity contribution is 14.0. The molecule has 2 aliphatic heterocycles. The second-order valence-corrected chi connectivity index (χ2v) is 5.75. The highest BCUT2D eigenvalue weighted by atomic mass is 127. The molecule has 0 unspecified atom stereocenters. The van der Waals surface area contributed by atoms with Gasteiger partial charge in [-0.05, 0) is 24.1 Å². The number of guanidine groups is 1. The second-order valence-electron chi connectivity index (χ2n) is 5.75.